The quantitative estimate of drug-likeness (QED) is 0.887. The van der Waals surface area contributed by atoms with Crippen molar-refractivity contribution in [3.8, 4) is 0 Å². The lowest BCUT2D eigenvalue weighted by atomic mass is 10.1. The molecule has 5 heteroatoms. The monoisotopic (exact) mass is 316 g/mol. The fourth-order valence-electron chi connectivity index (χ4n) is 3.65. The molecule has 1 aromatic carbocycles. The van der Waals surface area contributed by atoms with Crippen LogP contribution in [0.3, 0.4) is 0 Å². The summed E-state index contributed by atoms with van der Waals surface area (Å²) in [5, 5.41) is 3.39. The molecule has 0 amide bonds. The highest BCUT2D eigenvalue weighted by Crippen LogP contribution is 2.23. The van der Waals surface area contributed by atoms with E-state index in [0.29, 0.717) is 6.04 Å². The summed E-state index contributed by atoms with van der Waals surface area (Å²) >= 11 is 0. The van der Waals surface area contributed by atoms with E-state index in [1.54, 1.807) is 0 Å². The zero-order chi connectivity index (χ0) is 16.2. The van der Waals surface area contributed by atoms with E-state index in [1.807, 2.05) is 21.3 Å². The van der Waals surface area contributed by atoms with Crippen molar-refractivity contribution in [3.63, 3.8) is 0 Å². The Kier molecular flexibility index (Phi) is 5.18. The van der Waals surface area contributed by atoms with E-state index < -0.39 is 0 Å². The number of rotatable bonds is 6. The molecule has 1 aromatic heterocycles. The van der Waals surface area contributed by atoms with Crippen molar-refractivity contribution in [1.82, 2.24) is 19.4 Å². The Morgan fingerprint density at radius 1 is 1.13 bits per heavy atom. The van der Waals surface area contributed by atoms with Crippen LogP contribution in [-0.2, 0) is 6.54 Å². The van der Waals surface area contributed by atoms with Gasteiger partial charge in [0.2, 0.25) is 0 Å². The van der Waals surface area contributed by atoms with Gasteiger partial charge in [0.05, 0.1) is 11.0 Å². The maximum atomic E-state index is 13.1. The van der Waals surface area contributed by atoms with Crippen molar-refractivity contribution >= 4 is 11.0 Å². The van der Waals surface area contributed by atoms with Crippen LogP contribution < -0.4 is 11.0 Å². The lowest BCUT2D eigenvalue weighted by molar-refractivity contribution is 0.288. The highest BCUT2D eigenvalue weighted by atomic mass is 16.1. The fourth-order valence-corrected chi connectivity index (χ4v) is 3.65. The van der Waals surface area contributed by atoms with Crippen LogP contribution in [0.2, 0.25) is 0 Å². The molecule has 1 aliphatic heterocycles. The molecular formula is C18H28N4O. The predicted molar refractivity (Wildman–Crippen MR) is 95.1 cm³/mol. The first kappa shape index (κ1) is 16.3. The van der Waals surface area contributed by atoms with Gasteiger partial charge in [0.1, 0.15) is 0 Å². The second kappa shape index (κ2) is 7.32. The summed E-state index contributed by atoms with van der Waals surface area (Å²) in [6.07, 6.45) is 2.06. The maximum absolute atomic E-state index is 13.1. The molecule has 0 aliphatic carbocycles. The van der Waals surface area contributed by atoms with Crippen molar-refractivity contribution in [2.45, 2.75) is 39.3 Å². The molecule has 2 aromatic rings. The average molecular weight is 316 g/mol. The highest BCUT2D eigenvalue weighted by molar-refractivity contribution is 5.76. The Morgan fingerprint density at radius 3 is 2.43 bits per heavy atom. The Labute approximate surface area is 137 Å². The van der Waals surface area contributed by atoms with Gasteiger partial charge in [-0.1, -0.05) is 26.0 Å². The minimum Gasteiger partial charge on any atom is -0.317 e. The Balaban J connectivity index is 1.97. The summed E-state index contributed by atoms with van der Waals surface area (Å²) in [6.45, 7) is 10.1. The number of imidazole rings is 1. The van der Waals surface area contributed by atoms with E-state index in [4.69, 9.17) is 0 Å². The van der Waals surface area contributed by atoms with Crippen molar-refractivity contribution < 1.29 is 0 Å². The van der Waals surface area contributed by atoms with Crippen LogP contribution in [0.4, 0.5) is 0 Å². The Hall–Kier alpha value is -1.59. The number of fused-ring (bicyclic) bond motifs is 1. The number of hydrogen-bond acceptors (Lipinski definition) is 3. The molecule has 0 spiro atoms. The molecule has 0 radical (unpaired) electrons. The minimum atomic E-state index is 0.158. The summed E-state index contributed by atoms with van der Waals surface area (Å²) < 4.78 is 4.01. The summed E-state index contributed by atoms with van der Waals surface area (Å²) in [4.78, 5) is 15.4. The molecule has 1 saturated heterocycles. The summed E-state index contributed by atoms with van der Waals surface area (Å²) in [5.41, 5.74) is 2.32. The first-order valence-electron chi connectivity index (χ1n) is 8.89. The number of piperidine rings is 1. The molecule has 0 unspecified atom stereocenters. The molecular weight excluding hydrogens is 288 g/mol. The standard InChI is InChI=1S/C18H28N4O/c1-3-20(4-2)13-14-21-16-7-5-6-8-17(16)22(18(21)23)15-9-11-19-12-10-15/h5-8,15,19H,3-4,9-14H2,1-2H3. The van der Waals surface area contributed by atoms with Crippen LogP contribution in [0.5, 0.6) is 0 Å². The van der Waals surface area contributed by atoms with Crippen LogP contribution in [-0.4, -0.2) is 46.8 Å². The topological polar surface area (TPSA) is 42.2 Å². The SMILES string of the molecule is CCN(CC)CCn1c(=O)n(C2CCNCC2)c2ccccc21. The Bertz CT molecular complexity index is 693. The van der Waals surface area contributed by atoms with Gasteiger partial charge in [-0.25, -0.2) is 4.79 Å². The van der Waals surface area contributed by atoms with Crippen molar-refractivity contribution in [3.05, 3.63) is 34.7 Å². The zero-order valence-corrected chi connectivity index (χ0v) is 14.3. The number of para-hydroxylation sites is 2. The van der Waals surface area contributed by atoms with Crippen molar-refractivity contribution in [1.29, 1.82) is 0 Å². The van der Waals surface area contributed by atoms with Gasteiger partial charge in [-0.3, -0.25) is 9.13 Å². The molecule has 1 fully saturated rings. The van der Waals surface area contributed by atoms with Gasteiger partial charge in [-0.2, -0.15) is 0 Å². The maximum Gasteiger partial charge on any atom is 0.329 e. The molecule has 0 saturated carbocycles. The fraction of sp³-hybridized carbons (Fsp3) is 0.611. The molecule has 23 heavy (non-hydrogen) atoms. The molecule has 3 rings (SSSR count). The summed E-state index contributed by atoms with van der Waals surface area (Å²) in [6, 6.07) is 8.56. The molecule has 2 heterocycles. The second-order valence-corrected chi connectivity index (χ2v) is 6.30. The molecule has 0 atom stereocenters. The first-order chi connectivity index (χ1) is 11.3. The molecule has 0 bridgehead atoms. The molecule has 5 nitrogen and oxygen atoms in total. The van der Waals surface area contributed by atoms with Gasteiger partial charge < -0.3 is 10.2 Å². The highest BCUT2D eigenvalue weighted by Gasteiger charge is 2.22. The van der Waals surface area contributed by atoms with Gasteiger partial charge in [-0.05, 0) is 51.2 Å². The average Bonchev–Trinajstić information content (AvgIpc) is 2.88. The van der Waals surface area contributed by atoms with Crippen LogP contribution >= 0.6 is 0 Å². The molecule has 126 valence electrons. The first-order valence-corrected chi connectivity index (χ1v) is 8.89. The van der Waals surface area contributed by atoms with E-state index in [1.165, 1.54) is 0 Å². The van der Waals surface area contributed by atoms with E-state index in [-0.39, 0.29) is 5.69 Å². The van der Waals surface area contributed by atoms with E-state index in [9.17, 15) is 4.79 Å². The van der Waals surface area contributed by atoms with Gasteiger partial charge in [-0.15, -0.1) is 0 Å². The normalized spacial score (nSPS) is 16.5. The van der Waals surface area contributed by atoms with Crippen LogP contribution in [0, 0.1) is 0 Å². The third kappa shape index (κ3) is 3.21. The zero-order valence-electron chi connectivity index (χ0n) is 14.3. The smallest absolute Gasteiger partial charge is 0.317 e. The third-order valence-electron chi connectivity index (χ3n) is 5.08. The number of benzene rings is 1. The van der Waals surface area contributed by atoms with Gasteiger partial charge in [0.15, 0.2) is 0 Å². The predicted octanol–water partition coefficient (Wildman–Crippen LogP) is 2.07. The van der Waals surface area contributed by atoms with Crippen molar-refractivity contribution in [2.24, 2.45) is 0 Å². The van der Waals surface area contributed by atoms with E-state index in [2.05, 4.69) is 36.2 Å². The number of hydrogen-bond donors (Lipinski definition) is 1. The number of nitrogens with one attached hydrogen (secondary N) is 1. The summed E-state index contributed by atoms with van der Waals surface area (Å²) in [5.74, 6) is 0. The summed E-state index contributed by atoms with van der Waals surface area (Å²) in [7, 11) is 0. The van der Waals surface area contributed by atoms with Crippen LogP contribution in [0.1, 0.15) is 32.7 Å². The Morgan fingerprint density at radius 2 is 1.78 bits per heavy atom. The van der Waals surface area contributed by atoms with Crippen molar-refractivity contribution in [2.75, 3.05) is 32.7 Å². The van der Waals surface area contributed by atoms with E-state index in [0.717, 1.165) is 63.1 Å². The largest absolute Gasteiger partial charge is 0.329 e. The number of nitrogens with zero attached hydrogens (tertiary/aromatic N) is 3. The van der Waals surface area contributed by atoms with Gasteiger partial charge in [0, 0.05) is 19.1 Å². The second-order valence-electron chi connectivity index (χ2n) is 6.30. The number of likely N-dealkylation sites (N-methyl/N-ethyl adjacent to an activating group) is 1. The van der Waals surface area contributed by atoms with Gasteiger partial charge >= 0.3 is 5.69 Å². The lowest BCUT2D eigenvalue weighted by Crippen LogP contribution is -2.36. The number of aromatic nitrogens is 2. The molecule has 1 aliphatic rings. The lowest BCUT2D eigenvalue weighted by Gasteiger charge is -2.23. The van der Waals surface area contributed by atoms with E-state index >= 15 is 0 Å². The molecule has 1 N–H and O–H groups in total. The minimum absolute atomic E-state index is 0.158. The van der Waals surface area contributed by atoms with Gasteiger partial charge in [0.25, 0.3) is 0 Å². The van der Waals surface area contributed by atoms with Crippen LogP contribution in [0.15, 0.2) is 29.1 Å². The third-order valence-corrected chi connectivity index (χ3v) is 5.08. The van der Waals surface area contributed by atoms with Crippen LogP contribution in [0.25, 0.3) is 11.0 Å².